The summed E-state index contributed by atoms with van der Waals surface area (Å²) in [6.45, 7) is 1.62. The molecule has 21 heavy (non-hydrogen) atoms. The first-order valence-corrected chi connectivity index (χ1v) is 8.46. The van der Waals surface area contributed by atoms with Crippen LogP contribution >= 0.6 is 11.6 Å². The molecule has 1 saturated heterocycles. The van der Waals surface area contributed by atoms with E-state index in [0.717, 1.165) is 19.2 Å². The van der Waals surface area contributed by atoms with E-state index < -0.39 is 20.7 Å². The molecule has 1 aliphatic rings. The number of hydrogen-bond acceptors (Lipinski definition) is 4. The summed E-state index contributed by atoms with van der Waals surface area (Å²) in [7, 11) is -0.494. The largest absolute Gasteiger partial charge is 0.396 e. The summed E-state index contributed by atoms with van der Waals surface area (Å²) in [6, 6.07) is 2.16. The van der Waals surface area contributed by atoms with Gasteiger partial charge in [-0.1, -0.05) is 11.6 Å². The van der Waals surface area contributed by atoms with Crippen molar-refractivity contribution >= 4 is 27.3 Å². The first-order valence-electron chi connectivity index (χ1n) is 6.64. The van der Waals surface area contributed by atoms with Gasteiger partial charge in [0.25, 0.3) is 0 Å². The summed E-state index contributed by atoms with van der Waals surface area (Å²) in [5.41, 5.74) is 5.20. The lowest BCUT2D eigenvalue weighted by Gasteiger charge is -2.34. The lowest BCUT2D eigenvalue weighted by atomic mass is 10.1. The maximum Gasteiger partial charge on any atom is 0.246 e. The van der Waals surface area contributed by atoms with E-state index in [-0.39, 0.29) is 16.8 Å². The molecule has 5 nitrogen and oxygen atoms in total. The molecular formula is C13H19ClFN3O2S. The Balaban J connectivity index is 2.34. The second kappa shape index (κ2) is 6.08. The van der Waals surface area contributed by atoms with Gasteiger partial charge in [0.2, 0.25) is 10.0 Å². The predicted molar refractivity (Wildman–Crippen MR) is 81.3 cm³/mol. The lowest BCUT2D eigenvalue weighted by Crippen LogP contribution is -2.44. The number of sulfonamides is 1. The van der Waals surface area contributed by atoms with Crippen LogP contribution in [0.15, 0.2) is 17.0 Å². The van der Waals surface area contributed by atoms with E-state index in [2.05, 4.69) is 4.90 Å². The molecule has 2 rings (SSSR count). The van der Waals surface area contributed by atoms with Crippen LogP contribution in [0.25, 0.3) is 0 Å². The number of halogens is 2. The highest BCUT2D eigenvalue weighted by Crippen LogP contribution is 2.29. The Hall–Kier alpha value is -0.890. The Bertz CT molecular complexity index is 631. The van der Waals surface area contributed by atoms with Crippen LogP contribution in [0.1, 0.15) is 12.8 Å². The van der Waals surface area contributed by atoms with E-state index >= 15 is 0 Å². The number of nitrogen functional groups attached to an aromatic ring is 1. The SMILES string of the molecule is CN1CCC(N(C)S(=O)(=O)c2cc(Cl)cc(N)c2F)CC1. The number of nitrogens with two attached hydrogens (primary N) is 1. The van der Waals surface area contributed by atoms with Crippen LogP contribution < -0.4 is 5.73 Å². The Morgan fingerprint density at radius 3 is 2.52 bits per heavy atom. The molecule has 1 fully saturated rings. The third-order valence-corrected chi connectivity index (χ3v) is 6.02. The maximum absolute atomic E-state index is 14.1. The highest BCUT2D eigenvalue weighted by Gasteiger charge is 2.32. The van der Waals surface area contributed by atoms with E-state index in [4.69, 9.17) is 17.3 Å². The van der Waals surface area contributed by atoms with Gasteiger partial charge in [-0.3, -0.25) is 0 Å². The molecule has 0 amide bonds. The fourth-order valence-electron chi connectivity index (χ4n) is 2.48. The molecule has 0 aliphatic carbocycles. The summed E-state index contributed by atoms with van der Waals surface area (Å²) < 4.78 is 40.5. The summed E-state index contributed by atoms with van der Waals surface area (Å²) in [6.07, 6.45) is 1.42. The molecule has 0 atom stereocenters. The van der Waals surface area contributed by atoms with Crippen LogP contribution in [0, 0.1) is 5.82 Å². The highest BCUT2D eigenvalue weighted by molar-refractivity contribution is 7.89. The normalized spacial score (nSPS) is 18.3. The Kier molecular flexibility index (Phi) is 4.77. The lowest BCUT2D eigenvalue weighted by molar-refractivity contribution is 0.197. The number of benzene rings is 1. The fourth-order valence-corrected chi connectivity index (χ4v) is 4.31. The van der Waals surface area contributed by atoms with Crippen molar-refractivity contribution in [2.24, 2.45) is 0 Å². The van der Waals surface area contributed by atoms with Gasteiger partial charge in [0.15, 0.2) is 5.82 Å². The van der Waals surface area contributed by atoms with Crippen molar-refractivity contribution in [3.05, 3.63) is 23.0 Å². The van der Waals surface area contributed by atoms with Crippen molar-refractivity contribution in [1.82, 2.24) is 9.21 Å². The zero-order valence-electron chi connectivity index (χ0n) is 12.0. The topological polar surface area (TPSA) is 66.6 Å². The minimum atomic E-state index is -3.96. The summed E-state index contributed by atoms with van der Waals surface area (Å²) in [5.74, 6) is -0.945. The molecule has 1 aromatic rings. The average molecular weight is 336 g/mol. The second-order valence-electron chi connectivity index (χ2n) is 5.36. The van der Waals surface area contributed by atoms with Crippen LogP contribution in [0.3, 0.4) is 0 Å². The van der Waals surface area contributed by atoms with Gasteiger partial charge in [-0.2, -0.15) is 4.31 Å². The number of likely N-dealkylation sites (tertiary alicyclic amines) is 1. The van der Waals surface area contributed by atoms with Gasteiger partial charge in [-0.05, 0) is 45.1 Å². The molecular weight excluding hydrogens is 317 g/mol. The molecule has 8 heteroatoms. The number of nitrogens with zero attached hydrogens (tertiary/aromatic N) is 2. The van der Waals surface area contributed by atoms with Gasteiger partial charge >= 0.3 is 0 Å². The molecule has 0 saturated carbocycles. The van der Waals surface area contributed by atoms with Crippen LogP contribution in [0.2, 0.25) is 5.02 Å². The van der Waals surface area contributed by atoms with E-state index in [1.165, 1.54) is 17.4 Å². The maximum atomic E-state index is 14.1. The van der Waals surface area contributed by atoms with Crippen molar-refractivity contribution < 1.29 is 12.8 Å². The van der Waals surface area contributed by atoms with E-state index in [1.54, 1.807) is 0 Å². The first kappa shape index (κ1) is 16.5. The van der Waals surface area contributed by atoms with E-state index in [0.29, 0.717) is 12.8 Å². The second-order valence-corrected chi connectivity index (χ2v) is 7.77. The smallest absolute Gasteiger partial charge is 0.246 e. The highest BCUT2D eigenvalue weighted by atomic mass is 35.5. The Morgan fingerprint density at radius 2 is 1.95 bits per heavy atom. The molecule has 0 unspecified atom stereocenters. The van der Waals surface area contributed by atoms with Gasteiger partial charge < -0.3 is 10.6 Å². The van der Waals surface area contributed by atoms with Crippen LogP contribution in [-0.2, 0) is 10.0 Å². The van der Waals surface area contributed by atoms with E-state index in [1.807, 2.05) is 7.05 Å². The predicted octanol–water partition coefficient (Wildman–Crippen LogP) is 1.78. The monoisotopic (exact) mass is 335 g/mol. The zero-order valence-corrected chi connectivity index (χ0v) is 13.6. The molecule has 118 valence electrons. The molecule has 1 heterocycles. The van der Waals surface area contributed by atoms with E-state index in [9.17, 15) is 12.8 Å². The molecule has 1 aliphatic heterocycles. The minimum Gasteiger partial charge on any atom is -0.396 e. The fraction of sp³-hybridized carbons (Fsp3) is 0.538. The van der Waals surface area contributed by atoms with Crippen LogP contribution in [-0.4, -0.2) is 50.8 Å². The summed E-state index contributed by atoms with van der Waals surface area (Å²) in [5, 5.41) is 0.101. The van der Waals surface area contributed by atoms with Gasteiger partial charge in [-0.25, -0.2) is 12.8 Å². The first-order chi connectivity index (χ1) is 9.73. The third kappa shape index (κ3) is 3.31. The standard InChI is InChI=1S/C13H19ClFN3O2S/c1-17-5-3-10(4-6-17)18(2)21(19,20)12-8-9(14)7-11(16)13(12)15/h7-8,10H,3-6,16H2,1-2H3. The molecule has 0 spiro atoms. The van der Waals surface area contributed by atoms with Crippen molar-refractivity contribution in [3.63, 3.8) is 0 Å². The minimum absolute atomic E-state index is 0.101. The summed E-state index contributed by atoms with van der Waals surface area (Å²) in [4.78, 5) is 1.67. The van der Waals surface area contributed by atoms with Crippen LogP contribution in [0.5, 0.6) is 0 Å². The third-order valence-electron chi connectivity index (χ3n) is 3.89. The van der Waals surface area contributed by atoms with Crippen molar-refractivity contribution in [1.29, 1.82) is 0 Å². The molecule has 0 radical (unpaired) electrons. The molecule has 0 bridgehead atoms. The molecule has 0 aromatic heterocycles. The molecule has 1 aromatic carbocycles. The number of anilines is 1. The average Bonchev–Trinajstić information content (AvgIpc) is 2.42. The van der Waals surface area contributed by atoms with Gasteiger partial charge in [0.1, 0.15) is 4.90 Å². The van der Waals surface area contributed by atoms with Crippen molar-refractivity contribution in [2.45, 2.75) is 23.8 Å². The van der Waals surface area contributed by atoms with Crippen molar-refractivity contribution in [2.75, 3.05) is 32.9 Å². The van der Waals surface area contributed by atoms with Crippen LogP contribution in [0.4, 0.5) is 10.1 Å². The Labute approximate surface area is 129 Å². The van der Waals surface area contributed by atoms with Gasteiger partial charge in [-0.15, -0.1) is 0 Å². The zero-order chi connectivity index (χ0) is 15.8. The Morgan fingerprint density at radius 1 is 1.38 bits per heavy atom. The summed E-state index contributed by atoms with van der Waals surface area (Å²) >= 11 is 5.80. The quantitative estimate of drug-likeness (QED) is 0.855. The number of hydrogen-bond donors (Lipinski definition) is 1. The number of rotatable bonds is 3. The molecule has 2 N–H and O–H groups in total. The van der Waals surface area contributed by atoms with Gasteiger partial charge in [0, 0.05) is 18.1 Å². The number of piperidine rings is 1. The van der Waals surface area contributed by atoms with Gasteiger partial charge in [0.05, 0.1) is 5.69 Å². The van der Waals surface area contributed by atoms with Crippen molar-refractivity contribution in [3.8, 4) is 0 Å².